The Hall–Kier alpha value is -4.45. The molecule has 0 saturated heterocycles. The number of esters is 3. The molecule has 0 bridgehead atoms. The Labute approximate surface area is 475 Å². The predicted octanol–water partition coefficient (Wildman–Crippen LogP) is 21.8. The monoisotopic (exact) mass is 1060 g/mol. The first-order valence-electron chi connectivity index (χ1n) is 31.7. The fourth-order valence-electron chi connectivity index (χ4n) is 8.36. The zero-order valence-electron chi connectivity index (χ0n) is 49.9. The molecule has 0 aliphatic rings. The molecule has 0 amide bonds. The van der Waals surface area contributed by atoms with E-state index in [1.807, 2.05) is 0 Å². The summed E-state index contributed by atoms with van der Waals surface area (Å²) in [6.07, 6.45) is 90.2. The van der Waals surface area contributed by atoms with E-state index in [4.69, 9.17) is 14.2 Å². The molecule has 0 rings (SSSR count). The van der Waals surface area contributed by atoms with E-state index in [-0.39, 0.29) is 31.1 Å². The Morgan fingerprint density at radius 1 is 0.273 bits per heavy atom. The molecule has 0 saturated carbocycles. The maximum atomic E-state index is 12.9. The Morgan fingerprint density at radius 3 is 0.831 bits per heavy atom. The Balaban J connectivity index is 4.42. The Bertz CT molecular complexity index is 1650. The number of hydrogen-bond donors (Lipinski definition) is 0. The van der Waals surface area contributed by atoms with Gasteiger partial charge in [-0.2, -0.15) is 0 Å². The first-order valence-corrected chi connectivity index (χ1v) is 31.7. The van der Waals surface area contributed by atoms with Gasteiger partial charge in [0.15, 0.2) is 6.10 Å². The van der Waals surface area contributed by atoms with Gasteiger partial charge in [-0.25, -0.2) is 0 Å². The highest BCUT2D eigenvalue weighted by Crippen LogP contribution is 2.14. The Kier molecular flexibility index (Phi) is 60.4. The minimum absolute atomic E-state index is 0.0975. The van der Waals surface area contributed by atoms with Crippen LogP contribution in [0.2, 0.25) is 0 Å². The van der Waals surface area contributed by atoms with E-state index in [1.54, 1.807) is 0 Å². The van der Waals surface area contributed by atoms with E-state index in [9.17, 15) is 14.4 Å². The molecule has 6 nitrogen and oxygen atoms in total. The van der Waals surface area contributed by atoms with E-state index < -0.39 is 6.10 Å². The van der Waals surface area contributed by atoms with Crippen LogP contribution in [0.1, 0.15) is 278 Å². The van der Waals surface area contributed by atoms with Crippen molar-refractivity contribution in [2.75, 3.05) is 13.2 Å². The Morgan fingerprint density at radius 2 is 0.506 bits per heavy atom. The van der Waals surface area contributed by atoms with Crippen molar-refractivity contribution in [3.63, 3.8) is 0 Å². The summed E-state index contributed by atoms with van der Waals surface area (Å²) in [5.74, 6) is -0.937. The second-order valence-electron chi connectivity index (χ2n) is 20.6. The van der Waals surface area contributed by atoms with Crippen molar-refractivity contribution < 1.29 is 28.6 Å². The average molecular weight is 1070 g/mol. The SMILES string of the molecule is CC/C=C\C/C=C\C/C=C\C/C=C\C/C=C\C/C=C\C/C=C\CCCCCCCC(=O)OCC(COC(=O)CCCCCCC/C=C\CCCCCC)OC(=O)CCCCCCCC/C=C\C/C=C\C/C=C\CCCCC. The third kappa shape index (κ3) is 62.3. The van der Waals surface area contributed by atoms with E-state index in [0.717, 1.165) is 161 Å². The molecule has 0 radical (unpaired) electrons. The van der Waals surface area contributed by atoms with Crippen LogP contribution in [0.5, 0.6) is 0 Å². The van der Waals surface area contributed by atoms with E-state index >= 15 is 0 Å². The fourth-order valence-corrected chi connectivity index (χ4v) is 8.36. The van der Waals surface area contributed by atoms with Crippen molar-refractivity contribution in [3.05, 3.63) is 134 Å². The third-order valence-corrected chi connectivity index (χ3v) is 13.1. The maximum Gasteiger partial charge on any atom is 0.306 e. The molecule has 0 aromatic rings. The summed E-state index contributed by atoms with van der Waals surface area (Å²) < 4.78 is 16.9. The second kappa shape index (κ2) is 64.1. The maximum absolute atomic E-state index is 12.9. The highest BCUT2D eigenvalue weighted by molar-refractivity contribution is 5.71. The van der Waals surface area contributed by atoms with Gasteiger partial charge in [0, 0.05) is 19.3 Å². The van der Waals surface area contributed by atoms with Crippen LogP contribution in [-0.2, 0) is 28.6 Å². The van der Waals surface area contributed by atoms with Crippen molar-refractivity contribution in [1.82, 2.24) is 0 Å². The van der Waals surface area contributed by atoms with Crippen molar-refractivity contribution in [2.24, 2.45) is 0 Å². The van der Waals surface area contributed by atoms with Crippen LogP contribution >= 0.6 is 0 Å². The molecule has 0 aromatic heterocycles. The highest BCUT2D eigenvalue weighted by atomic mass is 16.6. The summed E-state index contributed by atoms with van der Waals surface area (Å²) in [6.45, 7) is 6.45. The molecule has 6 heteroatoms. The van der Waals surface area contributed by atoms with Gasteiger partial charge in [-0.3, -0.25) is 14.4 Å². The van der Waals surface area contributed by atoms with Crippen LogP contribution in [-0.4, -0.2) is 37.2 Å². The number of hydrogen-bond acceptors (Lipinski definition) is 6. The summed E-state index contributed by atoms with van der Waals surface area (Å²) in [4.78, 5) is 38.3. The minimum Gasteiger partial charge on any atom is -0.462 e. The van der Waals surface area contributed by atoms with Gasteiger partial charge in [0.1, 0.15) is 13.2 Å². The van der Waals surface area contributed by atoms with Crippen LogP contribution in [0.3, 0.4) is 0 Å². The standard InChI is InChI=1S/C71H116O6/c1-4-7-10-13-16-19-22-25-27-29-31-32-33-34-35-36-37-38-40-41-43-46-49-52-55-58-61-64-70(73)76-67-68(66-75-69(72)63-60-57-54-51-48-45-24-21-18-15-12-9-6-3)77-71(74)65-62-59-56-53-50-47-44-42-39-30-28-26-23-20-17-14-11-8-5-2/h7,10,16-17,19-21,24-28,31-32,34-35,37-39,41-43,68H,4-6,8-9,11-15,18,22-23,29-30,33,36,40,44-67H2,1-3H3/b10-7-,19-16-,20-17-,24-21-,27-25-,28-26-,32-31-,35-34-,38-37-,42-39-,43-41-. The molecule has 0 N–H and O–H groups in total. The summed E-state index contributed by atoms with van der Waals surface area (Å²) in [7, 11) is 0. The molecule has 436 valence electrons. The quantitative estimate of drug-likeness (QED) is 0.0261. The van der Waals surface area contributed by atoms with E-state index in [1.165, 1.54) is 77.0 Å². The van der Waals surface area contributed by atoms with E-state index in [0.29, 0.717) is 19.3 Å². The molecule has 0 aromatic carbocycles. The lowest BCUT2D eigenvalue weighted by Gasteiger charge is -2.18. The smallest absolute Gasteiger partial charge is 0.306 e. The molecule has 0 aliphatic carbocycles. The van der Waals surface area contributed by atoms with Crippen molar-refractivity contribution in [2.45, 2.75) is 284 Å². The number of carbonyl (C=O) groups is 3. The van der Waals surface area contributed by atoms with Crippen LogP contribution < -0.4 is 0 Å². The number of ether oxygens (including phenoxy) is 3. The van der Waals surface area contributed by atoms with Crippen LogP contribution in [0.15, 0.2) is 134 Å². The predicted molar refractivity (Wildman–Crippen MR) is 334 cm³/mol. The van der Waals surface area contributed by atoms with Crippen molar-refractivity contribution >= 4 is 17.9 Å². The van der Waals surface area contributed by atoms with Gasteiger partial charge in [-0.15, -0.1) is 0 Å². The zero-order chi connectivity index (χ0) is 55.7. The topological polar surface area (TPSA) is 78.9 Å². The molecule has 0 spiro atoms. The summed E-state index contributed by atoms with van der Waals surface area (Å²) in [6, 6.07) is 0. The third-order valence-electron chi connectivity index (χ3n) is 13.1. The van der Waals surface area contributed by atoms with Crippen LogP contribution in [0, 0.1) is 0 Å². The van der Waals surface area contributed by atoms with Gasteiger partial charge in [0.05, 0.1) is 0 Å². The lowest BCUT2D eigenvalue weighted by atomic mass is 10.1. The summed E-state index contributed by atoms with van der Waals surface area (Å²) in [5.41, 5.74) is 0. The molecule has 1 unspecified atom stereocenters. The van der Waals surface area contributed by atoms with Gasteiger partial charge in [0.2, 0.25) is 0 Å². The first kappa shape index (κ1) is 72.5. The molecule has 77 heavy (non-hydrogen) atoms. The van der Waals surface area contributed by atoms with Gasteiger partial charge in [0.25, 0.3) is 0 Å². The number of allylic oxidation sites excluding steroid dienone is 22. The highest BCUT2D eigenvalue weighted by Gasteiger charge is 2.19. The van der Waals surface area contributed by atoms with Gasteiger partial charge < -0.3 is 14.2 Å². The molecular weight excluding hydrogens is 949 g/mol. The van der Waals surface area contributed by atoms with Gasteiger partial charge in [-0.05, 0) is 141 Å². The van der Waals surface area contributed by atoms with Crippen molar-refractivity contribution in [3.8, 4) is 0 Å². The zero-order valence-corrected chi connectivity index (χ0v) is 49.9. The van der Waals surface area contributed by atoms with E-state index in [2.05, 4.69) is 154 Å². The number of carbonyl (C=O) groups excluding carboxylic acids is 3. The normalized spacial score (nSPS) is 13.0. The summed E-state index contributed by atoms with van der Waals surface area (Å²) >= 11 is 0. The largest absolute Gasteiger partial charge is 0.462 e. The molecule has 1 atom stereocenters. The van der Waals surface area contributed by atoms with Crippen molar-refractivity contribution in [1.29, 1.82) is 0 Å². The minimum atomic E-state index is -0.803. The van der Waals surface area contributed by atoms with Crippen LogP contribution in [0.25, 0.3) is 0 Å². The second-order valence-corrected chi connectivity index (χ2v) is 20.6. The van der Waals surface area contributed by atoms with Crippen LogP contribution in [0.4, 0.5) is 0 Å². The molecule has 0 fully saturated rings. The average Bonchev–Trinajstić information content (AvgIpc) is 3.43. The van der Waals surface area contributed by atoms with Gasteiger partial charge >= 0.3 is 17.9 Å². The number of unbranched alkanes of at least 4 members (excludes halogenated alkanes) is 23. The lowest BCUT2D eigenvalue weighted by molar-refractivity contribution is -0.167. The fraction of sp³-hybridized carbons (Fsp3) is 0.648. The first-order chi connectivity index (χ1) is 38.0. The molecule has 0 heterocycles. The lowest BCUT2D eigenvalue weighted by Crippen LogP contribution is -2.30. The van der Waals surface area contributed by atoms with Gasteiger partial charge in [-0.1, -0.05) is 251 Å². The summed E-state index contributed by atoms with van der Waals surface area (Å²) in [5, 5.41) is 0. The molecular formula is C71H116O6. The number of rotatable bonds is 56. The molecule has 0 aliphatic heterocycles.